The maximum Gasteiger partial charge on any atom is 0.317 e. The van der Waals surface area contributed by atoms with Crippen molar-refractivity contribution >= 4 is 28.6 Å². The van der Waals surface area contributed by atoms with Gasteiger partial charge in [-0.15, -0.1) is 11.8 Å². The Bertz CT molecular complexity index is 533. The number of hydrogen-bond donors (Lipinski definition) is 1. The molecule has 1 fully saturated rings. The fraction of sp³-hybridized carbons (Fsp3) is 0.562. The van der Waals surface area contributed by atoms with Crippen molar-refractivity contribution in [1.29, 1.82) is 0 Å². The fourth-order valence-corrected chi connectivity index (χ4v) is 4.50. The van der Waals surface area contributed by atoms with Crippen LogP contribution in [0.25, 0.3) is 0 Å². The van der Waals surface area contributed by atoms with Gasteiger partial charge in [-0.1, -0.05) is 17.7 Å². The Balaban J connectivity index is 1.73. The normalized spacial score (nSPS) is 25.0. The maximum absolute atomic E-state index is 12.2. The quantitative estimate of drug-likeness (QED) is 0.677. The summed E-state index contributed by atoms with van der Waals surface area (Å²) in [6.07, 6.45) is 0. The minimum absolute atomic E-state index is 0.0272. The number of amides is 2. The van der Waals surface area contributed by atoms with Gasteiger partial charge in [0.2, 0.25) is 0 Å². The zero-order valence-corrected chi connectivity index (χ0v) is 15.0. The van der Waals surface area contributed by atoms with Crippen LogP contribution in [-0.2, 0) is 10.8 Å². The fourth-order valence-electron chi connectivity index (χ4n) is 2.40. The predicted molar refractivity (Wildman–Crippen MR) is 93.9 cm³/mol. The molecule has 122 valence electrons. The molecule has 0 bridgehead atoms. The summed E-state index contributed by atoms with van der Waals surface area (Å²) in [6, 6.07) is 8.38. The number of carbonyl (C=O) groups excluding carboxylic acids is 1. The van der Waals surface area contributed by atoms with Crippen LogP contribution in [0.15, 0.2) is 29.2 Å². The molecule has 0 radical (unpaired) electrons. The maximum atomic E-state index is 12.2. The molecule has 22 heavy (non-hydrogen) atoms. The predicted octanol–water partition coefficient (Wildman–Crippen LogP) is 2.64. The molecule has 0 spiro atoms. The van der Waals surface area contributed by atoms with Crippen LogP contribution in [0.4, 0.5) is 4.79 Å². The Hall–Kier alpha value is -1.01. The van der Waals surface area contributed by atoms with E-state index in [1.165, 1.54) is 10.5 Å². The molecular weight excluding hydrogens is 316 g/mol. The van der Waals surface area contributed by atoms with Gasteiger partial charge in [0, 0.05) is 46.3 Å². The van der Waals surface area contributed by atoms with Gasteiger partial charge < -0.3 is 10.2 Å². The van der Waals surface area contributed by atoms with Crippen LogP contribution in [0.2, 0.25) is 0 Å². The first-order valence-electron chi connectivity index (χ1n) is 7.60. The van der Waals surface area contributed by atoms with Crippen molar-refractivity contribution in [3.05, 3.63) is 29.8 Å². The highest BCUT2D eigenvalue weighted by Crippen LogP contribution is 2.18. The minimum Gasteiger partial charge on any atom is -0.337 e. The summed E-state index contributed by atoms with van der Waals surface area (Å²) < 4.78 is 11.8. The van der Waals surface area contributed by atoms with Crippen LogP contribution < -0.4 is 5.32 Å². The average Bonchev–Trinajstić information content (AvgIpc) is 2.51. The first kappa shape index (κ1) is 17.3. The standard InChI is InChI=1S/C16H24N2O2S2/c1-12-4-6-15(7-5-12)21-10-8-17-16(19)18-9-11-22(20)14(3)13(18)2/h4-7,13-14H,8-11H2,1-3H3,(H,17,19)/t13-,14+,22+/m0/s1. The Labute approximate surface area is 139 Å². The zero-order chi connectivity index (χ0) is 16.1. The Morgan fingerprint density at radius 2 is 2.05 bits per heavy atom. The van der Waals surface area contributed by atoms with Crippen LogP contribution in [0.3, 0.4) is 0 Å². The lowest BCUT2D eigenvalue weighted by Crippen LogP contribution is -2.55. The molecular formula is C16H24N2O2S2. The number of hydrogen-bond acceptors (Lipinski definition) is 3. The highest BCUT2D eigenvalue weighted by Gasteiger charge is 2.32. The molecule has 3 atom stereocenters. The first-order chi connectivity index (χ1) is 10.5. The second-order valence-corrected chi connectivity index (χ2v) is 8.70. The second kappa shape index (κ2) is 8.02. The van der Waals surface area contributed by atoms with Gasteiger partial charge in [0.25, 0.3) is 0 Å². The number of benzene rings is 1. The molecule has 1 N–H and O–H groups in total. The molecule has 0 unspecified atom stereocenters. The number of carbonyl (C=O) groups is 1. The van der Waals surface area contributed by atoms with Gasteiger partial charge in [0.1, 0.15) is 0 Å². The van der Waals surface area contributed by atoms with E-state index in [0.29, 0.717) is 18.8 Å². The van der Waals surface area contributed by atoms with Crippen LogP contribution in [-0.4, -0.2) is 51.0 Å². The minimum atomic E-state index is -0.812. The molecule has 0 aliphatic carbocycles. The molecule has 6 heteroatoms. The van der Waals surface area contributed by atoms with E-state index in [-0.39, 0.29) is 17.3 Å². The van der Waals surface area contributed by atoms with Crippen LogP contribution >= 0.6 is 11.8 Å². The van der Waals surface area contributed by atoms with E-state index in [9.17, 15) is 9.00 Å². The monoisotopic (exact) mass is 340 g/mol. The van der Waals surface area contributed by atoms with Crippen molar-refractivity contribution in [3.8, 4) is 0 Å². The molecule has 2 amide bonds. The van der Waals surface area contributed by atoms with Crippen LogP contribution in [0.1, 0.15) is 19.4 Å². The summed E-state index contributed by atoms with van der Waals surface area (Å²) in [5.74, 6) is 1.43. The lowest BCUT2D eigenvalue weighted by atomic mass is 10.2. The Kier molecular flexibility index (Phi) is 6.32. The second-order valence-electron chi connectivity index (χ2n) is 5.62. The zero-order valence-electron chi connectivity index (χ0n) is 13.4. The van der Waals surface area contributed by atoms with E-state index in [0.717, 1.165) is 5.75 Å². The lowest BCUT2D eigenvalue weighted by Gasteiger charge is -2.37. The Morgan fingerprint density at radius 1 is 1.36 bits per heavy atom. The van der Waals surface area contributed by atoms with Gasteiger partial charge >= 0.3 is 6.03 Å². The number of rotatable bonds is 4. The average molecular weight is 341 g/mol. The van der Waals surface area contributed by atoms with Gasteiger partial charge in [0.15, 0.2) is 0 Å². The highest BCUT2D eigenvalue weighted by atomic mass is 32.2. The topological polar surface area (TPSA) is 49.4 Å². The third-order valence-corrected chi connectivity index (χ3v) is 6.87. The Morgan fingerprint density at radius 3 is 2.73 bits per heavy atom. The molecule has 1 saturated heterocycles. The van der Waals surface area contributed by atoms with Crippen molar-refractivity contribution in [3.63, 3.8) is 0 Å². The molecule has 1 aromatic rings. The molecule has 1 aromatic carbocycles. The molecule has 1 heterocycles. The number of aryl methyl sites for hydroxylation is 1. The van der Waals surface area contributed by atoms with Gasteiger partial charge in [-0.3, -0.25) is 4.21 Å². The third-order valence-electron chi connectivity index (χ3n) is 4.05. The van der Waals surface area contributed by atoms with E-state index in [4.69, 9.17) is 0 Å². The van der Waals surface area contributed by atoms with Gasteiger partial charge in [-0.05, 0) is 32.9 Å². The summed E-state index contributed by atoms with van der Waals surface area (Å²) in [4.78, 5) is 15.2. The summed E-state index contributed by atoms with van der Waals surface area (Å²) in [5, 5.41) is 3.01. The van der Waals surface area contributed by atoms with E-state index in [1.807, 2.05) is 18.7 Å². The molecule has 1 aliphatic heterocycles. The van der Waals surface area contributed by atoms with Crippen molar-refractivity contribution in [2.24, 2.45) is 0 Å². The summed E-state index contributed by atoms with van der Waals surface area (Å²) in [6.45, 7) is 7.21. The largest absolute Gasteiger partial charge is 0.337 e. The van der Waals surface area contributed by atoms with Gasteiger partial charge in [-0.25, -0.2) is 4.79 Å². The lowest BCUT2D eigenvalue weighted by molar-refractivity contribution is 0.180. The van der Waals surface area contributed by atoms with Gasteiger partial charge in [0.05, 0.1) is 5.25 Å². The summed E-state index contributed by atoms with van der Waals surface area (Å²) in [5.41, 5.74) is 1.25. The van der Waals surface area contributed by atoms with Crippen molar-refractivity contribution in [2.45, 2.75) is 37.0 Å². The van der Waals surface area contributed by atoms with E-state index in [1.54, 1.807) is 11.8 Å². The molecule has 1 aliphatic rings. The molecule has 2 rings (SSSR count). The smallest absolute Gasteiger partial charge is 0.317 e. The van der Waals surface area contributed by atoms with E-state index in [2.05, 4.69) is 36.5 Å². The molecule has 4 nitrogen and oxygen atoms in total. The van der Waals surface area contributed by atoms with E-state index >= 15 is 0 Å². The number of nitrogens with one attached hydrogen (secondary N) is 1. The first-order valence-corrected chi connectivity index (χ1v) is 9.97. The van der Waals surface area contributed by atoms with Crippen LogP contribution in [0, 0.1) is 6.92 Å². The van der Waals surface area contributed by atoms with Crippen molar-refractivity contribution in [2.75, 3.05) is 24.6 Å². The van der Waals surface area contributed by atoms with Crippen molar-refractivity contribution < 1.29 is 9.00 Å². The number of urea groups is 1. The number of nitrogens with zero attached hydrogens (tertiary/aromatic N) is 1. The molecule has 0 saturated carbocycles. The summed E-state index contributed by atoms with van der Waals surface area (Å²) in [7, 11) is -0.812. The number of thioether (sulfide) groups is 1. The van der Waals surface area contributed by atoms with Crippen molar-refractivity contribution in [1.82, 2.24) is 10.2 Å². The van der Waals surface area contributed by atoms with E-state index < -0.39 is 10.8 Å². The van der Waals surface area contributed by atoms with Crippen LogP contribution in [0.5, 0.6) is 0 Å². The SMILES string of the molecule is Cc1ccc(SCCNC(=O)N2CC[S@@](=O)[C@H](C)[C@@H]2C)cc1. The third kappa shape index (κ3) is 4.49. The molecule has 0 aromatic heterocycles. The summed E-state index contributed by atoms with van der Waals surface area (Å²) >= 11 is 1.74. The van der Waals surface area contributed by atoms with Gasteiger partial charge in [-0.2, -0.15) is 0 Å². The highest BCUT2D eigenvalue weighted by molar-refractivity contribution is 7.99.